The largest absolute Gasteiger partial charge is 0.489 e. The van der Waals surface area contributed by atoms with Crippen LogP contribution in [-0.4, -0.2) is 29.4 Å². The summed E-state index contributed by atoms with van der Waals surface area (Å²) in [5.74, 6) is -0.665. The minimum atomic E-state index is -0.960. The third-order valence-corrected chi connectivity index (χ3v) is 3.38. The number of nitrogens with one attached hydrogen (secondary N) is 2. The SMILES string of the molecule is N=C(N)c1ccc(OCc2cccc(C(=O)NCCC(=O)O)c2)cc1. The Morgan fingerprint density at radius 1 is 1.12 bits per heavy atom. The average Bonchev–Trinajstić information content (AvgIpc) is 2.60. The topological polar surface area (TPSA) is 126 Å². The van der Waals surface area contributed by atoms with E-state index in [0.29, 0.717) is 16.9 Å². The molecule has 0 saturated carbocycles. The van der Waals surface area contributed by atoms with Crippen molar-refractivity contribution in [1.29, 1.82) is 5.41 Å². The number of carbonyl (C=O) groups excluding carboxylic acids is 1. The fraction of sp³-hybridized carbons (Fsp3) is 0.167. The van der Waals surface area contributed by atoms with Crippen LogP contribution in [0.1, 0.15) is 27.9 Å². The van der Waals surface area contributed by atoms with Crippen molar-refractivity contribution in [2.24, 2.45) is 5.73 Å². The van der Waals surface area contributed by atoms with E-state index in [2.05, 4.69) is 5.32 Å². The highest BCUT2D eigenvalue weighted by molar-refractivity contribution is 5.95. The van der Waals surface area contributed by atoms with Crippen LogP contribution in [-0.2, 0) is 11.4 Å². The van der Waals surface area contributed by atoms with Crippen LogP contribution in [0, 0.1) is 5.41 Å². The number of hydrogen-bond donors (Lipinski definition) is 4. The maximum Gasteiger partial charge on any atom is 0.305 e. The molecule has 7 heteroatoms. The molecule has 5 N–H and O–H groups in total. The van der Waals surface area contributed by atoms with E-state index < -0.39 is 5.97 Å². The van der Waals surface area contributed by atoms with Crippen LogP contribution in [0.2, 0.25) is 0 Å². The molecule has 2 rings (SSSR count). The van der Waals surface area contributed by atoms with Crippen molar-refractivity contribution >= 4 is 17.7 Å². The number of amidine groups is 1. The molecule has 2 aromatic carbocycles. The predicted molar refractivity (Wildman–Crippen MR) is 92.8 cm³/mol. The summed E-state index contributed by atoms with van der Waals surface area (Å²) < 4.78 is 5.65. The minimum Gasteiger partial charge on any atom is -0.489 e. The molecular formula is C18H19N3O4. The van der Waals surface area contributed by atoms with Gasteiger partial charge in [-0.3, -0.25) is 15.0 Å². The lowest BCUT2D eigenvalue weighted by Crippen LogP contribution is -2.26. The summed E-state index contributed by atoms with van der Waals surface area (Å²) in [6.45, 7) is 0.354. The number of benzene rings is 2. The zero-order chi connectivity index (χ0) is 18.2. The van der Waals surface area contributed by atoms with Gasteiger partial charge in [-0.25, -0.2) is 0 Å². The van der Waals surface area contributed by atoms with Gasteiger partial charge in [0.05, 0.1) is 6.42 Å². The molecule has 25 heavy (non-hydrogen) atoms. The number of carboxylic acid groups (broad SMARTS) is 1. The molecule has 0 aliphatic heterocycles. The lowest BCUT2D eigenvalue weighted by Gasteiger charge is -2.09. The second kappa shape index (κ2) is 8.49. The van der Waals surface area contributed by atoms with E-state index in [1.54, 1.807) is 42.5 Å². The number of hydrogen-bond acceptors (Lipinski definition) is 4. The molecule has 0 atom stereocenters. The molecular weight excluding hydrogens is 322 g/mol. The maximum absolute atomic E-state index is 12.0. The molecule has 1 amide bonds. The van der Waals surface area contributed by atoms with Gasteiger partial charge in [0.2, 0.25) is 0 Å². The van der Waals surface area contributed by atoms with Gasteiger partial charge in [0, 0.05) is 17.7 Å². The second-order valence-corrected chi connectivity index (χ2v) is 5.33. The Labute approximate surface area is 144 Å². The number of carbonyl (C=O) groups is 2. The van der Waals surface area contributed by atoms with Crippen molar-refractivity contribution in [3.05, 3.63) is 65.2 Å². The third kappa shape index (κ3) is 5.65. The standard InChI is InChI=1S/C18H19N3O4/c19-17(20)13-4-6-15(7-5-13)25-11-12-2-1-3-14(10-12)18(24)21-9-8-16(22)23/h1-7,10H,8-9,11H2,(H3,19,20)(H,21,24)(H,22,23). The summed E-state index contributed by atoms with van der Waals surface area (Å²) in [6.07, 6.45) is -0.120. The summed E-state index contributed by atoms with van der Waals surface area (Å²) in [7, 11) is 0. The predicted octanol–water partition coefficient (Wildman–Crippen LogP) is 1.75. The van der Waals surface area contributed by atoms with Gasteiger partial charge in [-0.2, -0.15) is 0 Å². The van der Waals surface area contributed by atoms with Crippen molar-refractivity contribution in [2.75, 3.05) is 6.54 Å². The molecule has 0 heterocycles. The van der Waals surface area contributed by atoms with Gasteiger partial charge in [-0.05, 0) is 42.0 Å². The monoisotopic (exact) mass is 341 g/mol. The Hall–Kier alpha value is -3.35. The van der Waals surface area contributed by atoms with Crippen LogP contribution in [0.15, 0.2) is 48.5 Å². The maximum atomic E-state index is 12.0. The number of nitrogen functional groups attached to an aromatic ring is 1. The van der Waals surface area contributed by atoms with Crippen molar-refractivity contribution in [3.63, 3.8) is 0 Å². The van der Waals surface area contributed by atoms with Crippen LogP contribution < -0.4 is 15.8 Å². The van der Waals surface area contributed by atoms with Crippen LogP contribution in [0.4, 0.5) is 0 Å². The molecule has 7 nitrogen and oxygen atoms in total. The van der Waals surface area contributed by atoms with Gasteiger partial charge in [0.15, 0.2) is 0 Å². The minimum absolute atomic E-state index is 0.00633. The van der Waals surface area contributed by atoms with Crippen molar-refractivity contribution in [1.82, 2.24) is 5.32 Å². The molecule has 0 aliphatic rings. The first-order chi connectivity index (χ1) is 12.0. The fourth-order valence-electron chi connectivity index (χ4n) is 2.08. The highest BCUT2D eigenvalue weighted by Gasteiger charge is 2.07. The molecule has 130 valence electrons. The number of rotatable bonds is 8. The van der Waals surface area contributed by atoms with Gasteiger partial charge in [-0.1, -0.05) is 12.1 Å². The van der Waals surface area contributed by atoms with Gasteiger partial charge < -0.3 is 20.9 Å². The first-order valence-corrected chi connectivity index (χ1v) is 7.62. The number of nitrogens with two attached hydrogens (primary N) is 1. The van der Waals surface area contributed by atoms with Crippen LogP contribution >= 0.6 is 0 Å². The first-order valence-electron chi connectivity index (χ1n) is 7.62. The molecule has 0 aliphatic carbocycles. The van der Waals surface area contributed by atoms with Gasteiger partial charge in [0.25, 0.3) is 5.91 Å². The molecule has 0 fully saturated rings. The normalized spacial score (nSPS) is 10.1. The summed E-state index contributed by atoms with van der Waals surface area (Å²) in [5.41, 5.74) is 7.26. The van der Waals surface area contributed by atoms with E-state index in [1.165, 1.54) is 0 Å². The van der Waals surface area contributed by atoms with Crippen LogP contribution in [0.5, 0.6) is 5.75 Å². The molecule has 0 bridgehead atoms. The highest BCUT2D eigenvalue weighted by Crippen LogP contribution is 2.15. The molecule has 0 unspecified atom stereocenters. The van der Waals surface area contributed by atoms with E-state index in [9.17, 15) is 9.59 Å². The first kappa shape index (κ1) is 18.0. The third-order valence-electron chi connectivity index (χ3n) is 3.38. The molecule has 0 saturated heterocycles. The molecule has 0 spiro atoms. The number of amides is 1. The van der Waals surface area contributed by atoms with E-state index in [0.717, 1.165) is 5.56 Å². The van der Waals surface area contributed by atoms with Crippen molar-refractivity contribution in [2.45, 2.75) is 13.0 Å². The molecule has 0 aromatic heterocycles. The summed E-state index contributed by atoms with van der Waals surface area (Å²) in [4.78, 5) is 22.4. The molecule has 2 aromatic rings. The summed E-state index contributed by atoms with van der Waals surface area (Å²) in [5, 5.41) is 18.5. The lowest BCUT2D eigenvalue weighted by atomic mass is 10.1. The smallest absolute Gasteiger partial charge is 0.305 e. The Morgan fingerprint density at radius 3 is 2.48 bits per heavy atom. The number of ether oxygens (including phenoxy) is 1. The molecule has 0 radical (unpaired) electrons. The van der Waals surface area contributed by atoms with Crippen LogP contribution in [0.3, 0.4) is 0 Å². The van der Waals surface area contributed by atoms with E-state index in [4.69, 9.17) is 21.0 Å². The van der Waals surface area contributed by atoms with E-state index >= 15 is 0 Å². The van der Waals surface area contributed by atoms with Gasteiger partial charge in [-0.15, -0.1) is 0 Å². The number of aliphatic carboxylic acids is 1. The average molecular weight is 341 g/mol. The fourth-order valence-corrected chi connectivity index (χ4v) is 2.08. The second-order valence-electron chi connectivity index (χ2n) is 5.33. The zero-order valence-electron chi connectivity index (χ0n) is 13.5. The Bertz CT molecular complexity index is 772. The quantitative estimate of drug-likeness (QED) is 0.430. The van der Waals surface area contributed by atoms with Crippen molar-refractivity contribution in [3.8, 4) is 5.75 Å². The van der Waals surface area contributed by atoms with Gasteiger partial charge >= 0.3 is 5.97 Å². The Morgan fingerprint density at radius 2 is 1.84 bits per heavy atom. The van der Waals surface area contributed by atoms with Crippen LogP contribution in [0.25, 0.3) is 0 Å². The van der Waals surface area contributed by atoms with E-state index in [-0.39, 0.29) is 31.3 Å². The van der Waals surface area contributed by atoms with E-state index in [1.807, 2.05) is 6.07 Å². The Balaban J connectivity index is 1.93. The zero-order valence-corrected chi connectivity index (χ0v) is 13.5. The summed E-state index contributed by atoms with van der Waals surface area (Å²) in [6, 6.07) is 13.8. The summed E-state index contributed by atoms with van der Waals surface area (Å²) >= 11 is 0. The Kier molecular flexibility index (Phi) is 6.11. The van der Waals surface area contributed by atoms with Crippen molar-refractivity contribution < 1.29 is 19.4 Å². The van der Waals surface area contributed by atoms with Gasteiger partial charge in [0.1, 0.15) is 18.2 Å². The lowest BCUT2D eigenvalue weighted by molar-refractivity contribution is -0.136. The highest BCUT2D eigenvalue weighted by atomic mass is 16.5. The number of carboxylic acids is 1.